The van der Waals surface area contributed by atoms with Crippen molar-refractivity contribution in [2.24, 2.45) is 0 Å². The molecule has 33 heavy (non-hydrogen) atoms. The molecule has 8 heteroatoms. The Morgan fingerprint density at radius 3 is 2.45 bits per heavy atom. The number of rotatable bonds is 5. The number of nitrogens with zero attached hydrogens (tertiary/aromatic N) is 4. The van der Waals surface area contributed by atoms with E-state index >= 15 is 0 Å². The first kappa shape index (κ1) is 21.2. The highest BCUT2D eigenvalue weighted by atomic mass is 16.5. The Morgan fingerprint density at radius 1 is 1.00 bits per heavy atom. The molecule has 2 aromatic carbocycles. The van der Waals surface area contributed by atoms with Gasteiger partial charge in [0.25, 0.3) is 5.56 Å². The summed E-state index contributed by atoms with van der Waals surface area (Å²) in [6.07, 6.45) is 2.36. The molecule has 0 saturated carbocycles. The number of hydrogen-bond acceptors (Lipinski definition) is 6. The fourth-order valence-corrected chi connectivity index (χ4v) is 4.47. The first-order valence-corrected chi connectivity index (χ1v) is 11.1. The Kier molecular flexibility index (Phi) is 5.60. The molecule has 1 N–H and O–H groups in total. The van der Waals surface area contributed by atoms with Crippen LogP contribution in [0.3, 0.4) is 0 Å². The summed E-state index contributed by atoms with van der Waals surface area (Å²) in [7, 11) is 5.31. The summed E-state index contributed by atoms with van der Waals surface area (Å²) >= 11 is 0. The molecule has 1 saturated heterocycles. The van der Waals surface area contributed by atoms with E-state index in [1.807, 2.05) is 0 Å². The predicted octanol–water partition coefficient (Wildman–Crippen LogP) is 3.60. The average Bonchev–Trinajstić information content (AvgIpc) is 3.26. The normalized spacial score (nSPS) is 15.1. The van der Waals surface area contributed by atoms with E-state index in [4.69, 9.17) is 9.47 Å². The van der Waals surface area contributed by atoms with Gasteiger partial charge in [0.1, 0.15) is 28.4 Å². The number of aromatic nitrogens is 4. The van der Waals surface area contributed by atoms with Crippen molar-refractivity contribution in [3.05, 3.63) is 64.4 Å². The number of likely N-dealkylation sites (tertiary alicyclic amines) is 1. The Bertz CT molecular complexity index is 1330. The van der Waals surface area contributed by atoms with Gasteiger partial charge >= 0.3 is 0 Å². The second-order valence-electron chi connectivity index (χ2n) is 8.47. The molecule has 8 nitrogen and oxygen atoms in total. The molecular formula is C25H27N5O3. The summed E-state index contributed by atoms with van der Waals surface area (Å²) in [5.74, 6) is 1.73. The van der Waals surface area contributed by atoms with Crippen LogP contribution in [-0.4, -0.2) is 59.2 Å². The topological polar surface area (TPSA) is 85.3 Å². The molecule has 0 aliphatic carbocycles. The Morgan fingerprint density at radius 2 is 1.76 bits per heavy atom. The molecule has 2 aromatic heterocycles. The van der Waals surface area contributed by atoms with Gasteiger partial charge in [0.15, 0.2) is 0 Å². The second-order valence-corrected chi connectivity index (χ2v) is 8.47. The molecule has 3 heterocycles. The van der Waals surface area contributed by atoms with Gasteiger partial charge in [0.05, 0.1) is 19.7 Å². The van der Waals surface area contributed by atoms with E-state index in [2.05, 4.69) is 51.5 Å². The van der Waals surface area contributed by atoms with Gasteiger partial charge < -0.3 is 14.4 Å². The van der Waals surface area contributed by atoms with E-state index in [0.717, 1.165) is 18.7 Å². The van der Waals surface area contributed by atoms with Crippen LogP contribution in [0.25, 0.3) is 28.0 Å². The highest BCUT2D eigenvalue weighted by Gasteiger charge is 2.19. The number of H-pyrrole nitrogens is 1. The SMILES string of the molecule is COc1ccc(-n2nc3c(-c4ccc(C5CCN(C)CC5)cc4)n[nH]c3cc2=O)c(OC)c1. The Hall–Kier alpha value is -3.65. The van der Waals surface area contributed by atoms with Crippen LogP contribution in [0.1, 0.15) is 24.3 Å². The second kappa shape index (κ2) is 8.71. The monoisotopic (exact) mass is 445 g/mol. The van der Waals surface area contributed by atoms with Gasteiger partial charge in [-0.15, -0.1) is 0 Å². The van der Waals surface area contributed by atoms with Crippen LogP contribution in [0.15, 0.2) is 53.3 Å². The van der Waals surface area contributed by atoms with Gasteiger partial charge in [-0.1, -0.05) is 24.3 Å². The number of methoxy groups -OCH3 is 2. The highest BCUT2D eigenvalue weighted by molar-refractivity contribution is 5.89. The fourth-order valence-electron chi connectivity index (χ4n) is 4.47. The summed E-state index contributed by atoms with van der Waals surface area (Å²) in [4.78, 5) is 15.2. The van der Waals surface area contributed by atoms with Crippen LogP contribution < -0.4 is 15.0 Å². The first-order valence-electron chi connectivity index (χ1n) is 11.1. The molecule has 1 aliphatic rings. The standard InChI is InChI=1S/C25H27N5O3/c1-29-12-10-17(11-13-29)16-4-6-18(7-5-16)24-25-20(26-27-24)15-23(31)30(28-25)21-9-8-19(32-2)14-22(21)33-3/h4-9,14-15,17,26H,10-13H2,1-3H3. The van der Waals surface area contributed by atoms with Crippen molar-refractivity contribution in [2.45, 2.75) is 18.8 Å². The average molecular weight is 446 g/mol. The summed E-state index contributed by atoms with van der Waals surface area (Å²) in [6.45, 7) is 2.26. The van der Waals surface area contributed by atoms with Crippen LogP contribution in [-0.2, 0) is 0 Å². The van der Waals surface area contributed by atoms with Gasteiger partial charge in [-0.05, 0) is 56.6 Å². The highest BCUT2D eigenvalue weighted by Crippen LogP contribution is 2.31. The molecule has 4 aromatic rings. The maximum atomic E-state index is 12.8. The third kappa shape index (κ3) is 3.98. The number of piperidine rings is 1. The number of fused-ring (bicyclic) bond motifs is 1. The van der Waals surface area contributed by atoms with Crippen molar-refractivity contribution < 1.29 is 9.47 Å². The predicted molar refractivity (Wildman–Crippen MR) is 127 cm³/mol. The lowest BCUT2D eigenvalue weighted by atomic mass is 9.89. The minimum absolute atomic E-state index is 0.279. The van der Waals surface area contributed by atoms with E-state index in [1.54, 1.807) is 32.4 Å². The zero-order chi connectivity index (χ0) is 22.9. The largest absolute Gasteiger partial charge is 0.497 e. The molecule has 0 unspecified atom stereocenters. The zero-order valence-corrected chi connectivity index (χ0v) is 19.0. The van der Waals surface area contributed by atoms with Crippen molar-refractivity contribution in [2.75, 3.05) is 34.4 Å². The molecule has 5 rings (SSSR count). The number of benzene rings is 2. The van der Waals surface area contributed by atoms with Crippen LogP contribution >= 0.6 is 0 Å². The van der Waals surface area contributed by atoms with Gasteiger partial charge in [0.2, 0.25) is 0 Å². The molecule has 170 valence electrons. The fraction of sp³-hybridized carbons (Fsp3) is 0.320. The summed E-state index contributed by atoms with van der Waals surface area (Å²) in [6, 6.07) is 15.3. The molecule has 1 aliphatic heterocycles. The third-order valence-electron chi connectivity index (χ3n) is 6.43. The minimum Gasteiger partial charge on any atom is -0.497 e. The molecule has 0 bridgehead atoms. The van der Waals surface area contributed by atoms with E-state index in [1.165, 1.54) is 29.2 Å². The van der Waals surface area contributed by atoms with E-state index in [-0.39, 0.29) is 5.56 Å². The van der Waals surface area contributed by atoms with Crippen LogP contribution in [0.4, 0.5) is 0 Å². The first-order chi connectivity index (χ1) is 16.1. The summed E-state index contributed by atoms with van der Waals surface area (Å²) in [5.41, 5.74) is 4.50. The van der Waals surface area contributed by atoms with E-state index < -0.39 is 0 Å². The van der Waals surface area contributed by atoms with Crippen molar-refractivity contribution >= 4 is 11.0 Å². The number of ether oxygens (including phenoxy) is 2. The lowest BCUT2D eigenvalue weighted by molar-refractivity contribution is 0.255. The van der Waals surface area contributed by atoms with Crippen molar-refractivity contribution in [1.29, 1.82) is 0 Å². The zero-order valence-electron chi connectivity index (χ0n) is 19.0. The molecule has 1 fully saturated rings. The van der Waals surface area contributed by atoms with Gasteiger partial charge in [0, 0.05) is 17.7 Å². The van der Waals surface area contributed by atoms with Gasteiger partial charge in [-0.3, -0.25) is 9.89 Å². The number of aromatic amines is 1. The van der Waals surface area contributed by atoms with Crippen molar-refractivity contribution in [3.63, 3.8) is 0 Å². The molecule has 0 radical (unpaired) electrons. The van der Waals surface area contributed by atoms with E-state index in [0.29, 0.717) is 39.8 Å². The van der Waals surface area contributed by atoms with Crippen LogP contribution in [0.5, 0.6) is 11.5 Å². The maximum absolute atomic E-state index is 12.8. The Balaban J connectivity index is 1.53. The van der Waals surface area contributed by atoms with E-state index in [9.17, 15) is 4.79 Å². The molecule has 0 spiro atoms. The lowest BCUT2D eigenvalue weighted by Gasteiger charge is -2.29. The molecular weight excluding hydrogens is 418 g/mol. The molecule has 0 atom stereocenters. The number of nitrogens with one attached hydrogen (secondary N) is 1. The smallest absolute Gasteiger partial charge is 0.273 e. The molecule has 0 amide bonds. The third-order valence-corrected chi connectivity index (χ3v) is 6.43. The quantitative estimate of drug-likeness (QED) is 0.505. The van der Waals surface area contributed by atoms with Gasteiger partial charge in [-0.25, -0.2) is 0 Å². The van der Waals surface area contributed by atoms with Gasteiger partial charge in [-0.2, -0.15) is 14.9 Å². The van der Waals surface area contributed by atoms with Crippen molar-refractivity contribution in [1.82, 2.24) is 24.9 Å². The maximum Gasteiger partial charge on any atom is 0.273 e. The number of hydrogen-bond donors (Lipinski definition) is 1. The minimum atomic E-state index is -0.279. The Labute approximate surface area is 191 Å². The van der Waals surface area contributed by atoms with Crippen LogP contribution in [0, 0.1) is 0 Å². The summed E-state index contributed by atoms with van der Waals surface area (Å²) in [5, 5.41) is 12.1. The van der Waals surface area contributed by atoms with Crippen LogP contribution in [0.2, 0.25) is 0 Å². The lowest BCUT2D eigenvalue weighted by Crippen LogP contribution is -2.29. The van der Waals surface area contributed by atoms with Crippen molar-refractivity contribution in [3.8, 4) is 28.4 Å². The summed E-state index contributed by atoms with van der Waals surface area (Å²) < 4.78 is 12.1.